The fourth-order valence-corrected chi connectivity index (χ4v) is 2.05. The topological polar surface area (TPSA) is 86.6 Å². The van der Waals surface area contributed by atoms with Gasteiger partial charge in [-0.2, -0.15) is 0 Å². The summed E-state index contributed by atoms with van der Waals surface area (Å²) in [7, 11) is 0. The minimum Gasteiger partial charge on any atom is -0.480 e. The van der Waals surface area contributed by atoms with E-state index >= 15 is 0 Å². The van der Waals surface area contributed by atoms with Crippen molar-refractivity contribution >= 4 is 23.6 Å². The number of nitrogens with one attached hydrogen (secondary N) is 1. The summed E-state index contributed by atoms with van der Waals surface area (Å²) in [5, 5.41) is 20.0. The fraction of sp³-hybridized carbons (Fsp3) is 0.333. The second kappa shape index (κ2) is 7.03. The minimum absolute atomic E-state index is 0.0114. The Kier molecular flexibility index (Phi) is 5.67. The van der Waals surface area contributed by atoms with Gasteiger partial charge in [0.05, 0.1) is 5.56 Å². The number of aliphatic carboxylic acids is 1. The Bertz CT molecular complexity index is 436. The van der Waals surface area contributed by atoms with E-state index < -0.39 is 17.9 Å². The highest BCUT2D eigenvalue weighted by atomic mass is 32.2. The maximum absolute atomic E-state index is 11.9. The van der Waals surface area contributed by atoms with Gasteiger partial charge >= 0.3 is 5.97 Å². The molecule has 1 unspecified atom stereocenters. The van der Waals surface area contributed by atoms with Crippen LogP contribution in [-0.4, -0.2) is 41.0 Å². The van der Waals surface area contributed by atoms with Crippen molar-refractivity contribution in [3.05, 3.63) is 29.8 Å². The van der Waals surface area contributed by atoms with Crippen molar-refractivity contribution < 1.29 is 19.8 Å². The Morgan fingerprint density at radius 1 is 1.39 bits per heavy atom. The smallest absolute Gasteiger partial charge is 0.326 e. The molecule has 0 saturated carbocycles. The average molecular weight is 269 g/mol. The summed E-state index contributed by atoms with van der Waals surface area (Å²) in [6.07, 6.45) is 1.83. The zero-order valence-electron chi connectivity index (χ0n) is 9.92. The number of carboxylic acid groups (broad SMARTS) is 1. The molecule has 6 heteroatoms. The molecule has 0 spiro atoms. The van der Waals surface area contributed by atoms with Gasteiger partial charge in [0, 0.05) is 17.9 Å². The predicted molar refractivity (Wildman–Crippen MR) is 68.8 cm³/mol. The number of hydrogen-bond donors (Lipinski definition) is 3. The number of aliphatic hydroxyl groups is 1. The van der Waals surface area contributed by atoms with Crippen molar-refractivity contribution in [2.75, 3.05) is 12.9 Å². The van der Waals surface area contributed by atoms with E-state index in [1.54, 1.807) is 18.2 Å². The molecule has 1 aromatic rings. The maximum Gasteiger partial charge on any atom is 0.326 e. The number of carboxylic acids is 1. The van der Waals surface area contributed by atoms with Crippen molar-refractivity contribution in [1.29, 1.82) is 0 Å². The van der Waals surface area contributed by atoms with Crippen molar-refractivity contribution in [2.24, 2.45) is 0 Å². The van der Waals surface area contributed by atoms with Crippen molar-refractivity contribution in [3.63, 3.8) is 0 Å². The zero-order chi connectivity index (χ0) is 13.5. The normalized spacial score (nSPS) is 11.9. The van der Waals surface area contributed by atoms with Gasteiger partial charge in [0.15, 0.2) is 0 Å². The summed E-state index contributed by atoms with van der Waals surface area (Å²) in [5.41, 5.74) is 0.439. The monoisotopic (exact) mass is 269 g/mol. The molecule has 0 aliphatic rings. The van der Waals surface area contributed by atoms with E-state index in [9.17, 15) is 9.59 Å². The van der Waals surface area contributed by atoms with E-state index in [0.717, 1.165) is 4.90 Å². The Morgan fingerprint density at radius 2 is 2.06 bits per heavy atom. The average Bonchev–Trinajstić information content (AvgIpc) is 2.37. The van der Waals surface area contributed by atoms with E-state index in [2.05, 4.69) is 5.32 Å². The van der Waals surface area contributed by atoms with Crippen LogP contribution in [-0.2, 0) is 4.79 Å². The highest BCUT2D eigenvalue weighted by molar-refractivity contribution is 7.98. The molecular formula is C12H15NO4S. The molecule has 1 amide bonds. The van der Waals surface area contributed by atoms with Crippen molar-refractivity contribution in [2.45, 2.75) is 17.4 Å². The van der Waals surface area contributed by atoms with Crippen LogP contribution in [0.25, 0.3) is 0 Å². The number of carbonyl (C=O) groups excluding carboxylic acids is 1. The number of benzene rings is 1. The number of rotatable bonds is 6. The lowest BCUT2D eigenvalue weighted by molar-refractivity contribution is -0.139. The van der Waals surface area contributed by atoms with Crippen LogP contribution in [0, 0.1) is 0 Å². The molecule has 18 heavy (non-hydrogen) atoms. The fourth-order valence-electron chi connectivity index (χ4n) is 1.45. The molecule has 1 atom stereocenters. The summed E-state index contributed by atoms with van der Waals surface area (Å²) in [6, 6.07) is 5.89. The number of aliphatic hydroxyl groups excluding tert-OH is 1. The Labute approximate surface area is 109 Å². The van der Waals surface area contributed by atoms with E-state index in [1.807, 2.05) is 12.3 Å². The molecule has 0 fully saturated rings. The number of thioether (sulfide) groups is 1. The van der Waals surface area contributed by atoms with Crippen LogP contribution in [0.2, 0.25) is 0 Å². The standard InChI is InChI=1S/C12H15NO4S/c1-18-10-5-3-2-4-8(10)11(15)13-9(6-7-14)12(16)17/h2-5,9,14H,6-7H2,1H3,(H,13,15)(H,16,17). The van der Waals surface area contributed by atoms with Crippen LogP contribution >= 0.6 is 11.8 Å². The first-order valence-electron chi connectivity index (χ1n) is 5.37. The molecule has 0 heterocycles. The van der Waals surface area contributed by atoms with Crippen LogP contribution in [0.1, 0.15) is 16.8 Å². The zero-order valence-corrected chi connectivity index (χ0v) is 10.7. The lowest BCUT2D eigenvalue weighted by atomic mass is 10.1. The number of amides is 1. The molecule has 0 aromatic heterocycles. The highest BCUT2D eigenvalue weighted by Crippen LogP contribution is 2.19. The van der Waals surface area contributed by atoms with Gasteiger partial charge in [-0.25, -0.2) is 4.79 Å². The van der Waals surface area contributed by atoms with Gasteiger partial charge in [-0.05, 0) is 18.4 Å². The summed E-state index contributed by atoms with van der Waals surface area (Å²) in [4.78, 5) is 23.6. The molecule has 98 valence electrons. The Balaban J connectivity index is 2.83. The lowest BCUT2D eigenvalue weighted by Gasteiger charge is -2.14. The first-order chi connectivity index (χ1) is 8.60. The van der Waals surface area contributed by atoms with Crippen LogP contribution in [0.5, 0.6) is 0 Å². The molecule has 1 aromatic carbocycles. The molecule has 5 nitrogen and oxygen atoms in total. The van der Waals surface area contributed by atoms with Crippen molar-refractivity contribution in [1.82, 2.24) is 5.32 Å². The van der Waals surface area contributed by atoms with E-state index in [1.165, 1.54) is 11.8 Å². The van der Waals surface area contributed by atoms with E-state index in [-0.39, 0.29) is 13.0 Å². The molecular weight excluding hydrogens is 254 g/mol. The minimum atomic E-state index is -1.15. The van der Waals surface area contributed by atoms with Crippen LogP contribution in [0.4, 0.5) is 0 Å². The van der Waals surface area contributed by atoms with Gasteiger partial charge in [-0.15, -0.1) is 11.8 Å². The van der Waals surface area contributed by atoms with Gasteiger partial charge in [-0.3, -0.25) is 4.79 Å². The summed E-state index contributed by atoms with van der Waals surface area (Å²) in [6.45, 7) is -0.290. The third kappa shape index (κ3) is 3.75. The first-order valence-corrected chi connectivity index (χ1v) is 6.60. The van der Waals surface area contributed by atoms with E-state index in [0.29, 0.717) is 5.56 Å². The summed E-state index contributed by atoms with van der Waals surface area (Å²) in [5.74, 6) is -1.60. The van der Waals surface area contributed by atoms with Gasteiger partial charge in [0.1, 0.15) is 6.04 Å². The third-order valence-electron chi connectivity index (χ3n) is 2.37. The summed E-state index contributed by atoms with van der Waals surface area (Å²) >= 11 is 1.41. The number of carbonyl (C=O) groups is 2. The largest absolute Gasteiger partial charge is 0.480 e. The SMILES string of the molecule is CSc1ccccc1C(=O)NC(CCO)C(=O)O. The molecule has 0 saturated heterocycles. The van der Waals surface area contributed by atoms with E-state index in [4.69, 9.17) is 10.2 Å². The van der Waals surface area contributed by atoms with Crippen LogP contribution < -0.4 is 5.32 Å². The molecule has 0 aliphatic heterocycles. The number of hydrogen-bond acceptors (Lipinski definition) is 4. The van der Waals surface area contributed by atoms with Crippen LogP contribution in [0.15, 0.2) is 29.2 Å². The molecule has 3 N–H and O–H groups in total. The van der Waals surface area contributed by atoms with Gasteiger partial charge in [0.25, 0.3) is 5.91 Å². The maximum atomic E-state index is 11.9. The second-order valence-electron chi connectivity index (χ2n) is 3.58. The predicted octanol–water partition coefficient (Wildman–Crippen LogP) is 0.974. The lowest BCUT2D eigenvalue weighted by Crippen LogP contribution is -2.41. The van der Waals surface area contributed by atoms with Crippen molar-refractivity contribution in [3.8, 4) is 0 Å². The quantitative estimate of drug-likeness (QED) is 0.670. The molecule has 0 bridgehead atoms. The van der Waals surface area contributed by atoms with Gasteiger partial charge < -0.3 is 15.5 Å². The molecule has 0 radical (unpaired) electrons. The third-order valence-corrected chi connectivity index (χ3v) is 3.17. The Hall–Kier alpha value is -1.53. The molecule has 0 aliphatic carbocycles. The first kappa shape index (κ1) is 14.5. The van der Waals surface area contributed by atoms with Gasteiger partial charge in [0.2, 0.25) is 0 Å². The molecule has 1 rings (SSSR count). The van der Waals surface area contributed by atoms with Gasteiger partial charge in [-0.1, -0.05) is 12.1 Å². The summed E-state index contributed by atoms with van der Waals surface area (Å²) < 4.78 is 0. The second-order valence-corrected chi connectivity index (χ2v) is 4.42. The van der Waals surface area contributed by atoms with Crippen LogP contribution in [0.3, 0.4) is 0 Å². The highest BCUT2D eigenvalue weighted by Gasteiger charge is 2.21. The Morgan fingerprint density at radius 3 is 2.61 bits per heavy atom.